The fraction of sp³-hybridized carbons (Fsp3) is 0.611. The first kappa shape index (κ1) is 17.9. The maximum atomic E-state index is 14.1. The van der Waals surface area contributed by atoms with Crippen LogP contribution >= 0.6 is 0 Å². The van der Waals surface area contributed by atoms with Crippen molar-refractivity contribution >= 4 is 5.97 Å². The lowest BCUT2D eigenvalue weighted by Crippen LogP contribution is -2.46. The van der Waals surface area contributed by atoms with Crippen LogP contribution in [0, 0.1) is 5.82 Å². The summed E-state index contributed by atoms with van der Waals surface area (Å²) in [6.45, 7) is 7.33. The van der Waals surface area contributed by atoms with E-state index in [1.807, 2.05) is 17.9 Å². The third-order valence-corrected chi connectivity index (χ3v) is 4.80. The van der Waals surface area contributed by atoms with Crippen LogP contribution in [0.25, 0.3) is 0 Å². The summed E-state index contributed by atoms with van der Waals surface area (Å²) >= 11 is 0. The highest BCUT2D eigenvalue weighted by atomic mass is 19.1. The summed E-state index contributed by atoms with van der Waals surface area (Å²) in [7, 11) is 0. The van der Waals surface area contributed by atoms with E-state index < -0.39 is 5.97 Å². The average molecular weight is 322 g/mol. The Morgan fingerprint density at radius 3 is 2.61 bits per heavy atom. The number of rotatable bonds is 7. The molecule has 4 nitrogen and oxygen atoms in total. The van der Waals surface area contributed by atoms with Crippen LogP contribution in [0.2, 0.25) is 0 Å². The molecule has 2 rings (SSSR count). The lowest BCUT2D eigenvalue weighted by Gasteiger charge is -2.37. The standard InChI is InChI=1S/C18H27FN2O2/c1-3-14-6-5-7-17(19)16(14)12-20-10-8-15(9-11-20)21(4-2)13-18(22)23/h5-7,15H,3-4,8-13H2,1-2H3,(H,22,23). The fourth-order valence-electron chi connectivity index (χ4n) is 3.45. The van der Waals surface area contributed by atoms with Gasteiger partial charge in [0, 0.05) is 18.2 Å². The van der Waals surface area contributed by atoms with Crippen molar-refractivity contribution in [2.45, 2.75) is 45.7 Å². The Kier molecular flexibility index (Phi) is 6.54. The first-order chi connectivity index (χ1) is 11.0. The van der Waals surface area contributed by atoms with E-state index in [0.29, 0.717) is 12.6 Å². The second-order valence-electron chi connectivity index (χ2n) is 6.20. The van der Waals surface area contributed by atoms with Crippen molar-refractivity contribution in [1.29, 1.82) is 0 Å². The molecule has 1 N–H and O–H groups in total. The molecule has 5 heteroatoms. The van der Waals surface area contributed by atoms with Gasteiger partial charge in [-0.1, -0.05) is 26.0 Å². The summed E-state index contributed by atoms with van der Waals surface area (Å²) in [4.78, 5) is 15.2. The van der Waals surface area contributed by atoms with E-state index >= 15 is 0 Å². The molecule has 1 aliphatic rings. The zero-order valence-electron chi connectivity index (χ0n) is 14.1. The maximum absolute atomic E-state index is 14.1. The number of hydrogen-bond donors (Lipinski definition) is 1. The molecule has 1 heterocycles. The Hall–Kier alpha value is -1.46. The van der Waals surface area contributed by atoms with Gasteiger partial charge in [0.15, 0.2) is 0 Å². The Bertz CT molecular complexity index is 528. The molecule has 128 valence electrons. The molecule has 1 saturated heterocycles. The lowest BCUT2D eigenvalue weighted by molar-refractivity contribution is -0.139. The number of piperidine rings is 1. The van der Waals surface area contributed by atoms with Crippen molar-refractivity contribution in [3.63, 3.8) is 0 Å². The summed E-state index contributed by atoms with van der Waals surface area (Å²) in [5, 5.41) is 8.99. The number of carbonyl (C=O) groups is 1. The minimum atomic E-state index is -0.770. The number of carboxylic acid groups (broad SMARTS) is 1. The number of halogens is 1. The van der Waals surface area contributed by atoms with Crippen molar-refractivity contribution < 1.29 is 14.3 Å². The number of benzene rings is 1. The molecule has 0 aromatic heterocycles. The number of hydrogen-bond acceptors (Lipinski definition) is 3. The minimum Gasteiger partial charge on any atom is -0.480 e. The second kappa shape index (κ2) is 8.41. The van der Waals surface area contributed by atoms with E-state index in [2.05, 4.69) is 11.8 Å². The van der Waals surface area contributed by atoms with Crippen molar-refractivity contribution in [3.05, 3.63) is 35.1 Å². The molecule has 0 spiro atoms. The molecule has 1 aromatic carbocycles. The zero-order chi connectivity index (χ0) is 16.8. The quantitative estimate of drug-likeness (QED) is 0.838. The highest BCUT2D eigenvalue weighted by Gasteiger charge is 2.25. The largest absolute Gasteiger partial charge is 0.480 e. The molecule has 0 radical (unpaired) electrons. The van der Waals surface area contributed by atoms with E-state index in [1.165, 1.54) is 6.07 Å². The highest BCUT2D eigenvalue weighted by Crippen LogP contribution is 2.21. The Balaban J connectivity index is 1.94. The predicted molar refractivity (Wildman–Crippen MR) is 89.0 cm³/mol. The zero-order valence-corrected chi connectivity index (χ0v) is 14.1. The van der Waals surface area contributed by atoms with Gasteiger partial charge in [-0.05, 0) is 50.5 Å². The molecule has 1 fully saturated rings. The molecule has 1 aromatic rings. The van der Waals surface area contributed by atoms with Crippen molar-refractivity contribution in [3.8, 4) is 0 Å². The highest BCUT2D eigenvalue weighted by molar-refractivity contribution is 5.69. The lowest BCUT2D eigenvalue weighted by atomic mass is 10.00. The van der Waals surface area contributed by atoms with Crippen LogP contribution in [0.1, 0.15) is 37.8 Å². The van der Waals surface area contributed by atoms with Gasteiger partial charge in [0.1, 0.15) is 5.82 Å². The van der Waals surface area contributed by atoms with Crippen LogP contribution in [0.4, 0.5) is 4.39 Å². The number of nitrogens with zero attached hydrogens (tertiary/aromatic N) is 2. The topological polar surface area (TPSA) is 43.8 Å². The molecule has 0 unspecified atom stereocenters. The van der Waals surface area contributed by atoms with Crippen LogP contribution in [-0.4, -0.2) is 53.1 Å². The first-order valence-corrected chi connectivity index (χ1v) is 8.49. The molecule has 0 saturated carbocycles. The van der Waals surface area contributed by atoms with Crippen LogP contribution < -0.4 is 0 Å². The van der Waals surface area contributed by atoms with Gasteiger partial charge < -0.3 is 5.11 Å². The Labute approximate surface area is 137 Å². The third kappa shape index (κ3) is 4.75. The second-order valence-corrected chi connectivity index (χ2v) is 6.20. The van der Waals surface area contributed by atoms with Crippen LogP contribution in [0.15, 0.2) is 18.2 Å². The number of likely N-dealkylation sites (N-methyl/N-ethyl adjacent to an activating group) is 1. The van der Waals surface area contributed by atoms with E-state index in [4.69, 9.17) is 5.11 Å². The molecule has 0 aliphatic carbocycles. The minimum absolute atomic E-state index is 0.106. The van der Waals surface area contributed by atoms with Crippen molar-refractivity contribution in [2.24, 2.45) is 0 Å². The monoisotopic (exact) mass is 322 g/mol. The molecular formula is C18H27FN2O2. The van der Waals surface area contributed by atoms with Crippen molar-refractivity contribution in [1.82, 2.24) is 9.80 Å². The molecule has 1 aliphatic heterocycles. The van der Waals surface area contributed by atoms with Gasteiger partial charge in [-0.25, -0.2) is 4.39 Å². The van der Waals surface area contributed by atoms with Gasteiger partial charge in [0.2, 0.25) is 0 Å². The molecule has 0 bridgehead atoms. The molecule has 0 atom stereocenters. The molecular weight excluding hydrogens is 295 g/mol. The maximum Gasteiger partial charge on any atom is 0.317 e. The van der Waals surface area contributed by atoms with Gasteiger partial charge in [0.05, 0.1) is 6.54 Å². The van der Waals surface area contributed by atoms with Crippen LogP contribution in [0.3, 0.4) is 0 Å². The number of aryl methyl sites for hydroxylation is 1. The molecule has 0 amide bonds. The number of carboxylic acids is 1. The van der Waals surface area contributed by atoms with Crippen LogP contribution in [0.5, 0.6) is 0 Å². The normalized spacial score (nSPS) is 16.9. The van der Waals surface area contributed by atoms with Crippen LogP contribution in [-0.2, 0) is 17.8 Å². The van der Waals surface area contributed by atoms with E-state index in [1.54, 1.807) is 6.07 Å². The number of likely N-dealkylation sites (tertiary alicyclic amines) is 1. The fourth-order valence-corrected chi connectivity index (χ4v) is 3.45. The Morgan fingerprint density at radius 2 is 2.04 bits per heavy atom. The first-order valence-electron chi connectivity index (χ1n) is 8.49. The summed E-state index contributed by atoms with van der Waals surface area (Å²) < 4.78 is 14.1. The van der Waals surface area contributed by atoms with Gasteiger partial charge in [-0.2, -0.15) is 0 Å². The third-order valence-electron chi connectivity index (χ3n) is 4.80. The SMILES string of the molecule is CCc1cccc(F)c1CN1CCC(N(CC)CC(=O)O)CC1. The van der Waals surface area contributed by atoms with E-state index in [-0.39, 0.29) is 12.4 Å². The van der Waals surface area contributed by atoms with Gasteiger partial charge in [0.25, 0.3) is 0 Å². The smallest absolute Gasteiger partial charge is 0.317 e. The van der Waals surface area contributed by atoms with Crippen molar-refractivity contribution in [2.75, 3.05) is 26.2 Å². The molecule has 23 heavy (non-hydrogen) atoms. The summed E-state index contributed by atoms with van der Waals surface area (Å²) in [5.41, 5.74) is 1.89. The van der Waals surface area contributed by atoms with Gasteiger partial charge in [-0.15, -0.1) is 0 Å². The summed E-state index contributed by atoms with van der Waals surface area (Å²) in [5.74, 6) is -0.888. The van der Waals surface area contributed by atoms with E-state index in [9.17, 15) is 9.18 Å². The van der Waals surface area contributed by atoms with Gasteiger partial charge >= 0.3 is 5.97 Å². The summed E-state index contributed by atoms with van der Waals surface area (Å²) in [6.07, 6.45) is 2.72. The average Bonchev–Trinajstić information content (AvgIpc) is 2.55. The Morgan fingerprint density at radius 1 is 1.35 bits per heavy atom. The predicted octanol–water partition coefficient (Wildman–Crippen LogP) is 2.76. The summed E-state index contributed by atoms with van der Waals surface area (Å²) in [6, 6.07) is 5.62. The van der Waals surface area contributed by atoms with Gasteiger partial charge in [-0.3, -0.25) is 14.6 Å². The van der Waals surface area contributed by atoms with E-state index in [0.717, 1.165) is 50.0 Å². The number of aliphatic carboxylic acids is 1.